The fraction of sp³-hybridized carbons (Fsp3) is 0.455. The van der Waals surface area contributed by atoms with Crippen LogP contribution in [-0.2, 0) is 10.0 Å². The second kappa shape index (κ2) is 7.24. The second-order valence-corrected chi connectivity index (χ2v) is 7.16. The fourth-order valence-electron chi connectivity index (χ4n) is 1.91. The molecule has 8 heteroatoms. The number of rotatable bonds is 4. The normalized spacial score (nSPS) is 19.2. The van der Waals surface area contributed by atoms with Crippen molar-refractivity contribution in [3.8, 4) is 0 Å². The molecule has 1 aliphatic heterocycles. The monoisotopic (exact) mass is 388 g/mol. The summed E-state index contributed by atoms with van der Waals surface area (Å²) in [6, 6.07) is 5.07. The Balaban J connectivity index is 0.00000180. The molecule has 2 N–H and O–H groups in total. The molecule has 0 bridgehead atoms. The average molecular weight is 390 g/mol. The zero-order valence-corrected chi connectivity index (χ0v) is 14.0. The minimum Gasteiger partial charge on any atom is -0.313 e. The van der Waals surface area contributed by atoms with Gasteiger partial charge in [0.1, 0.15) is 4.90 Å². The highest BCUT2D eigenvalue weighted by Crippen LogP contribution is 2.29. The zero-order valence-electron chi connectivity index (χ0n) is 10.0. The largest absolute Gasteiger partial charge is 0.313 e. The molecule has 108 valence electrons. The minimum absolute atomic E-state index is 0. The lowest BCUT2D eigenvalue weighted by atomic mass is 10.2. The molecule has 0 aromatic heterocycles. The first-order valence-corrected chi connectivity index (χ1v) is 8.33. The number of nitrogens with one attached hydrogen (secondary N) is 2. The highest BCUT2D eigenvalue weighted by Gasteiger charge is 2.21. The van der Waals surface area contributed by atoms with Crippen LogP contribution in [-0.4, -0.2) is 27.5 Å². The third kappa shape index (κ3) is 4.31. The van der Waals surface area contributed by atoms with Crippen molar-refractivity contribution in [1.29, 1.82) is 0 Å². The Morgan fingerprint density at radius 3 is 2.84 bits per heavy atom. The number of halogens is 3. The van der Waals surface area contributed by atoms with E-state index in [-0.39, 0.29) is 28.4 Å². The van der Waals surface area contributed by atoms with E-state index in [0.717, 1.165) is 19.4 Å². The van der Waals surface area contributed by atoms with E-state index in [1.54, 1.807) is 12.1 Å². The first-order valence-electron chi connectivity index (χ1n) is 5.68. The van der Waals surface area contributed by atoms with Crippen LogP contribution in [0.2, 0.25) is 5.02 Å². The predicted molar refractivity (Wildman–Crippen MR) is 82.6 cm³/mol. The van der Waals surface area contributed by atoms with Gasteiger partial charge in [0.15, 0.2) is 0 Å². The van der Waals surface area contributed by atoms with Gasteiger partial charge >= 0.3 is 0 Å². The van der Waals surface area contributed by atoms with Crippen LogP contribution in [0.5, 0.6) is 0 Å². The average Bonchev–Trinajstić information content (AvgIpc) is 2.83. The van der Waals surface area contributed by atoms with Gasteiger partial charge in [-0.2, -0.15) is 0 Å². The van der Waals surface area contributed by atoms with Crippen LogP contribution < -0.4 is 10.0 Å². The van der Waals surface area contributed by atoms with Crippen LogP contribution in [0, 0.1) is 0 Å². The molecule has 4 nitrogen and oxygen atoms in total. The van der Waals surface area contributed by atoms with Crippen molar-refractivity contribution < 1.29 is 8.42 Å². The van der Waals surface area contributed by atoms with Crippen molar-refractivity contribution in [2.24, 2.45) is 0 Å². The van der Waals surface area contributed by atoms with Crippen LogP contribution >= 0.6 is 39.9 Å². The molecular formula is C11H15BrCl2N2O2S. The van der Waals surface area contributed by atoms with Crippen molar-refractivity contribution in [1.82, 2.24) is 10.0 Å². The summed E-state index contributed by atoms with van der Waals surface area (Å²) in [4.78, 5) is 0.108. The van der Waals surface area contributed by atoms with Crippen molar-refractivity contribution in [3.63, 3.8) is 0 Å². The van der Waals surface area contributed by atoms with E-state index in [9.17, 15) is 8.42 Å². The molecule has 19 heavy (non-hydrogen) atoms. The van der Waals surface area contributed by atoms with Crippen molar-refractivity contribution >= 4 is 50.0 Å². The topological polar surface area (TPSA) is 58.2 Å². The lowest BCUT2D eigenvalue weighted by molar-refractivity contribution is 0.552. The summed E-state index contributed by atoms with van der Waals surface area (Å²) in [5, 5.41) is 3.45. The van der Waals surface area contributed by atoms with E-state index in [4.69, 9.17) is 11.6 Å². The highest BCUT2D eigenvalue weighted by atomic mass is 79.9. The maximum absolute atomic E-state index is 12.1. The smallest absolute Gasteiger partial charge is 0.242 e. The maximum Gasteiger partial charge on any atom is 0.242 e. The van der Waals surface area contributed by atoms with Crippen LogP contribution in [0.4, 0.5) is 0 Å². The standard InChI is InChI=1S/C11H14BrClN2O2S.ClH/c12-9-4-1-5-10(11(9)13)18(16,17)15-7-8-3-2-6-14-8;/h1,4-5,8,14-15H,2-3,6-7H2;1H. The summed E-state index contributed by atoms with van der Waals surface area (Å²) >= 11 is 9.21. The lowest BCUT2D eigenvalue weighted by Gasteiger charge is -2.13. The molecular weight excluding hydrogens is 375 g/mol. The number of benzene rings is 1. The predicted octanol–water partition coefficient (Wildman–Crippen LogP) is 2.55. The Kier molecular flexibility index (Phi) is 6.56. The molecule has 2 rings (SSSR count). The Morgan fingerprint density at radius 2 is 2.21 bits per heavy atom. The maximum atomic E-state index is 12.1. The van der Waals surface area contributed by atoms with Gasteiger partial charge in [-0.3, -0.25) is 0 Å². The van der Waals surface area contributed by atoms with E-state index in [2.05, 4.69) is 26.0 Å². The molecule has 1 saturated heterocycles. The quantitative estimate of drug-likeness (QED) is 0.831. The van der Waals surface area contributed by atoms with Crippen LogP contribution in [0.25, 0.3) is 0 Å². The van der Waals surface area contributed by atoms with E-state index in [1.165, 1.54) is 6.07 Å². The van der Waals surface area contributed by atoms with Crippen LogP contribution in [0.1, 0.15) is 12.8 Å². The number of hydrogen-bond acceptors (Lipinski definition) is 3. The highest BCUT2D eigenvalue weighted by molar-refractivity contribution is 9.10. The fourth-order valence-corrected chi connectivity index (χ4v) is 4.02. The van der Waals surface area contributed by atoms with Crippen molar-refractivity contribution in [2.45, 2.75) is 23.8 Å². The molecule has 0 saturated carbocycles. The lowest BCUT2D eigenvalue weighted by Crippen LogP contribution is -2.37. The second-order valence-electron chi connectivity index (χ2n) is 4.20. The Bertz CT molecular complexity index is 533. The zero-order chi connectivity index (χ0) is 13.2. The van der Waals surface area contributed by atoms with Gasteiger partial charge < -0.3 is 5.32 Å². The molecule has 1 atom stereocenters. The van der Waals surface area contributed by atoms with Gasteiger partial charge in [0.05, 0.1) is 5.02 Å². The molecule has 1 heterocycles. The van der Waals surface area contributed by atoms with Crippen LogP contribution in [0.3, 0.4) is 0 Å². The summed E-state index contributed by atoms with van der Waals surface area (Å²) < 4.78 is 27.4. The number of hydrogen-bond donors (Lipinski definition) is 2. The van der Waals surface area contributed by atoms with E-state index < -0.39 is 10.0 Å². The molecule has 0 aliphatic carbocycles. The van der Waals surface area contributed by atoms with Crippen LogP contribution in [0.15, 0.2) is 27.6 Å². The number of sulfonamides is 1. The first-order chi connectivity index (χ1) is 8.50. The molecule has 1 unspecified atom stereocenters. The van der Waals surface area contributed by atoms with Gasteiger partial charge in [-0.1, -0.05) is 17.7 Å². The molecule has 1 aliphatic rings. The van der Waals surface area contributed by atoms with Gasteiger partial charge in [-0.25, -0.2) is 13.1 Å². The first kappa shape index (κ1) is 17.2. The van der Waals surface area contributed by atoms with Gasteiger partial charge in [0, 0.05) is 17.1 Å². The summed E-state index contributed by atoms with van der Waals surface area (Å²) in [6.45, 7) is 1.34. The van der Waals surface area contributed by atoms with E-state index in [0.29, 0.717) is 11.0 Å². The molecule has 0 spiro atoms. The molecule has 0 amide bonds. The van der Waals surface area contributed by atoms with Gasteiger partial charge in [-0.15, -0.1) is 12.4 Å². The van der Waals surface area contributed by atoms with Crippen molar-refractivity contribution in [2.75, 3.05) is 13.1 Å². The Morgan fingerprint density at radius 1 is 1.47 bits per heavy atom. The summed E-state index contributed by atoms with van der Waals surface area (Å²) in [6.07, 6.45) is 2.08. The molecule has 1 aromatic rings. The third-order valence-corrected chi connectivity index (χ3v) is 5.76. The SMILES string of the molecule is Cl.O=S(=O)(NCC1CCCN1)c1cccc(Br)c1Cl. The molecule has 1 aromatic carbocycles. The van der Waals surface area contributed by atoms with Gasteiger partial charge in [0.25, 0.3) is 0 Å². The molecule has 0 radical (unpaired) electrons. The summed E-state index contributed by atoms with van der Waals surface area (Å²) in [5.41, 5.74) is 0. The Hall–Kier alpha value is 0.150. The van der Waals surface area contributed by atoms with E-state index in [1.807, 2.05) is 0 Å². The molecule has 1 fully saturated rings. The minimum atomic E-state index is -3.55. The van der Waals surface area contributed by atoms with E-state index >= 15 is 0 Å². The summed E-state index contributed by atoms with van der Waals surface area (Å²) in [5.74, 6) is 0. The van der Waals surface area contributed by atoms with Crippen molar-refractivity contribution in [3.05, 3.63) is 27.7 Å². The van der Waals surface area contributed by atoms with Gasteiger partial charge in [-0.05, 0) is 47.4 Å². The Labute approximate surface area is 132 Å². The summed E-state index contributed by atoms with van der Waals surface area (Å²) in [7, 11) is -3.55. The third-order valence-electron chi connectivity index (χ3n) is 2.89. The van der Waals surface area contributed by atoms with Gasteiger partial charge in [0.2, 0.25) is 10.0 Å².